The van der Waals surface area contributed by atoms with E-state index in [1.807, 2.05) is 18.2 Å². The van der Waals surface area contributed by atoms with Gasteiger partial charge in [0.25, 0.3) is 0 Å². The molecule has 0 bridgehead atoms. The Kier molecular flexibility index (Phi) is 1.63. The molecule has 1 unspecified atom stereocenters. The van der Waals surface area contributed by atoms with Gasteiger partial charge in [0.15, 0.2) is 0 Å². The van der Waals surface area contributed by atoms with Crippen molar-refractivity contribution in [2.45, 2.75) is 0 Å². The Morgan fingerprint density at radius 3 is 3.25 bits per heavy atom. The second-order valence-electron chi connectivity index (χ2n) is 2.65. The van der Waals surface area contributed by atoms with Crippen LogP contribution in [0, 0.1) is 5.92 Å². The van der Waals surface area contributed by atoms with Crippen LogP contribution in [0.1, 0.15) is 0 Å². The minimum Gasteiger partial charge on any atom is -0.411 e. The third kappa shape index (κ3) is 0.993. The van der Waals surface area contributed by atoms with Gasteiger partial charge in [-0.1, -0.05) is 23.4 Å². The lowest BCUT2D eigenvalue weighted by molar-refractivity contribution is 0.317. The Labute approximate surface area is 70.1 Å². The number of hydrogen-bond acceptors (Lipinski definition) is 3. The molecule has 0 aromatic heterocycles. The van der Waals surface area contributed by atoms with Crippen LogP contribution in [0.3, 0.4) is 0 Å². The summed E-state index contributed by atoms with van der Waals surface area (Å²) in [4.78, 5) is 3.99. The lowest BCUT2D eigenvalue weighted by Gasteiger charge is -2.17. The number of hydrogen-bond donors (Lipinski definition) is 1. The Morgan fingerprint density at radius 2 is 2.42 bits per heavy atom. The standard InChI is InChI=1S/C9H8N2O/c12-11-9-3-1-2-7-6-10-5-4-8(7)9/h1-6,8,12H/b11-9-. The third-order valence-corrected chi connectivity index (χ3v) is 1.94. The largest absolute Gasteiger partial charge is 0.411 e. The van der Waals surface area contributed by atoms with Crippen LogP contribution in [0.2, 0.25) is 0 Å². The zero-order valence-corrected chi connectivity index (χ0v) is 6.38. The third-order valence-electron chi connectivity index (χ3n) is 1.94. The number of rotatable bonds is 0. The normalized spacial score (nSPS) is 28.8. The number of nitrogens with zero attached hydrogens (tertiary/aromatic N) is 2. The molecule has 2 aliphatic rings. The van der Waals surface area contributed by atoms with Gasteiger partial charge in [-0.3, -0.25) is 4.99 Å². The average Bonchev–Trinajstić information content (AvgIpc) is 2.17. The van der Waals surface area contributed by atoms with E-state index in [-0.39, 0.29) is 5.92 Å². The van der Waals surface area contributed by atoms with E-state index >= 15 is 0 Å². The molecule has 0 fully saturated rings. The van der Waals surface area contributed by atoms with Gasteiger partial charge in [0, 0.05) is 12.4 Å². The first-order valence-corrected chi connectivity index (χ1v) is 3.72. The fourth-order valence-electron chi connectivity index (χ4n) is 1.33. The van der Waals surface area contributed by atoms with Crippen LogP contribution in [0.4, 0.5) is 0 Å². The summed E-state index contributed by atoms with van der Waals surface area (Å²) in [7, 11) is 0. The van der Waals surface area contributed by atoms with Crippen molar-refractivity contribution in [3.63, 3.8) is 0 Å². The fourth-order valence-corrected chi connectivity index (χ4v) is 1.33. The minimum absolute atomic E-state index is 0.0810. The molecule has 1 N–H and O–H groups in total. The fraction of sp³-hybridized carbons (Fsp3) is 0.111. The van der Waals surface area contributed by atoms with Gasteiger partial charge >= 0.3 is 0 Å². The first-order valence-electron chi connectivity index (χ1n) is 3.72. The summed E-state index contributed by atoms with van der Waals surface area (Å²) in [5.74, 6) is 0.0810. The van der Waals surface area contributed by atoms with Crippen molar-refractivity contribution in [2.75, 3.05) is 0 Å². The number of oxime groups is 1. The number of aliphatic imine (C=N–C) groups is 1. The van der Waals surface area contributed by atoms with Gasteiger partial charge < -0.3 is 5.21 Å². The monoisotopic (exact) mass is 160 g/mol. The van der Waals surface area contributed by atoms with Crippen LogP contribution < -0.4 is 0 Å². The van der Waals surface area contributed by atoms with Gasteiger partial charge in [0.05, 0.1) is 11.6 Å². The molecule has 0 radical (unpaired) electrons. The predicted molar refractivity (Wildman–Crippen MR) is 47.6 cm³/mol. The van der Waals surface area contributed by atoms with Gasteiger partial charge in [-0.2, -0.15) is 0 Å². The molecule has 0 saturated carbocycles. The maximum atomic E-state index is 8.66. The molecule has 60 valence electrons. The highest BCUT2D eigenvalue weighted by Gasteiger charge is 2.19. The van der Waals surface area contributed by atoms with Crippen molar-refractivity contribution >= 4 is 11.9 Å². The van der Waals surface area contributed by atoms with Crippen molar-refractivity contribution in [3.8, 4) is 0 Å². The van der Waals surface area contributed by atoms with E-state index in [2.05, 4.69) is 10.1 Å². The van der Waals surface area contributed by atoms with Crippen LogP contribution >= 0.6 is 0 Å². The second kappa shape index (κ2) is 2.77. The highest BCUT2D eigenvalue weighted by molar-refractivity contribution is 6.06. The summed E-state index contributed by atoms with van der Waals surface area (Å²) in [6.07, 6.45) is 11.0. The van der Waals surface area contributed by atoms with Crippen LogP contribution in [0.25, 0.3) is 0 Å². The molecule has 0 aromatic carbocycles. The van der Waals surface area contributed by atoms with Crippen molar-refractivity contribution < 1.29 is 5.21 Å². The Morgan fingerprint density at radius 1 is 1.50 bits per heavy atom. The SMILES string of the molecule is O/N=C1/C=CC=C2C=NC=CC21. The molecule has 12 heavy (non-hydrogen) atoms. The van der Waals surface area contributed by atoms with Crippen LogP contribution in [-0.2, 0) is 0 Å². The van der Waals surface area contributed by atoms with Crippen molar-refractivity contribution in [1.82, 2.24) is 0 Å². The quantitative estimate of drug-likeness (QED) is 0.424. The number of fused-ring (bicyclic) bond motifs is 1. The summed E-state index contributed by atoms with van der Waals surface area (Å²) in [5.41, 5.74) is 1.72. The van der Waals surface area contributed by atoms with E-state index < -0.39 is 0 Å². The van der Waals surface area contributed by atoms with E-state index in [9.17, 15) is 0 Å². The zero-order chi connectivity index (χ0) is 8.39. The van der Waals surface area contributed by atoms with Crippen LogP contribution in [0.15, 0.2) is 46.2 Å². The molecule has 1 atom stereocenters. The smallest absolute Gasteiger partial charge is 0.0909 e. The lowest BCUT2D eigenvalue weighted by Crippen LogP contribution is -2.17. The highest BCUT2D eigenvalue weighted by Crippen LogP contribution is 2.21. The van der Waals surface area contributed by atoms with Crippen LogP contribution in [0.5, 0.6) is 0 Å². The summed E-state index contributed by atoms with van der Waals surface area (Å²) in [5, 5.41) is 11.9. The first kappa shape index (κ1) is 7.03. The Bertz CT molecular complexity index is 334. The maximum Gasteiger partial charge on any atom is 0.0909 e. The Balaban J connectivity index is 2.42. The number of allylic oxidation sites excluding steroid dienone is 5. The zero-order valence-electron chi connectivity index (χ0n) is 6.38. The minimum atomic E-state index is 0.0810. The molecule has 0 spiro atoms. The van der Waals surface area contributed by atoms with Gasteiger partial charge in [-0.05, 0) is 11.6 Å². The molecule has 0 aromatic rings. The molecule has 0 amide bonds. The molecule has 2 rings (SSSR count). The molecule has 1 heterocycles. The summed E-state index contributed by atoms with van der Waals surface area (Å²) in [6.45, 7) is 0. The molecule has 3 heteroatoms. The summed E-state index contributed by atoms with van der Waals surface area (Å²) < 4.78 is 0. The predicted octanol–water partition coefficient (Wildman–Crippen LogP) is 1.53. The second-order valence-corrected chi connectivity index (χ2v) is 2.65. The van der Waals surface area contributed by atoms with Crippen LogP contribution in [-0.4, -0.2) is 17.1 Å². The summed E-state index contributed by atoms with van der Waals surface area (Å²) >= 11 is 0. The lowest BCUT2D eigenvalue weighted by atomic mass is 9.89. The molecular weight excluding hydrogens is 152 g/mol. The van der Waals surface area contributed by atoms with Gasteiger partial charge in [-0.15, -0.1) is 0 Å². The molecule has 0 saturated heterocycles. The van der Waals surface area contributed by atoms with E-state index in [0.717, 1.165) is 5.57 Å². The molecule has 1 aliphatic heterocycles. The molecular formula is C9H8N2O. The average molecular weight is 160 g/mol. The van der Waals surface area contributed by atoms with Crippen molar-refractivity contribution in [3.05, 3.63) is 36.1 Å². The van der Waals surface area contributed by atoms with Gasteiger partial charge in [-0.25, -0.2) is 0 Å². The van der Waals surface area contributed by atoms with E-state index in [4.69, 9.17) is 5.21 Å². The van der Waals surface area contributed by atoms with Gasteiger partial charge in [0.1, 0.15) is 0 Å². The van der Waals surface area contributed by atoms with E-state index in [1.165, 1.54) is 0 Å². The summed E-state index contributed by atoms with van der Waals surface area (Å²) in [6, 6.07) is 0. The van der Waals surface area contributed by atoms with Gasteiger partial charge in [0.2, 0.25) is 0 Å². The first-order chi connectivity index (χ1) is 5.92. The maximum absolute atomic E-state index is 8.66. The Hall–Kier alpha value is -1.64. The topological polar surface area (TPSA) is 45.0 Å². The van der Waals surface area contributed by atoms with Crippen molar-refractivity contribution in [2.24, 2.45) is 16.1 Å². The highest BCUT2D eigenvalue weighted by atomic mass is 16.4. The van der Waals surface area contributed by atoms with Crippen molar-refractivity contribution in [1.29, 1.82) is 0 Å². The van der Waals surface area contributed by atoms with E-state index in [1.54, 1.807) is 18.5 Å². The molecule has 3 nitrogen and oxygen atoms in total. The van der Waals surface area contributed by atoms with E-state index in [0.29, 0.717) is 5.71 Å². The molecule has 1 aliphatic carbocycles.